The third kappa shape index (κ3) is 7.61. The number of aryl methyl sites for hydroxylation is 1. The first-order valence-electron chi connectivity index (χ1n) is 8.16. The fourth-order valence-corrected chi connectivity index (χ4v) is 2.25. The summed E-state index contributed by atoms with van der Waals surface area (Å²) >= 11 is 0. The van der Waals surface area contributed by atoms with Crippen molar-refractivity contribution < 1.29 is 13.2 Å². The Kier molecular flexibility index (Phi) is 9.33. The molecule has 0 saturated heterocycles. The zero-order chi connectivity index (χ0) is 19.0. The Labute approximate surface area is 173 Å². The second-order valence-electron chi connectivity index (χ2n) is 5.66. The number of nitrogens with zero attached hydrogens (tertiary/aromatic N) is 2. The Balaban J connectivity index is 0.00000364. The van der Waals surface area contributed by atoms with Gasteiger partial charge in [0.15, 0.2) is 5.96 Å². The summed E-state index contributed by atoms with van der Waals surface area (Å²) in [6.45, 7) is 3.29. The maximum atomic E-state index is 12.9. The van der Waals surface area contributed by atoms with Crippen LogP contribution in [0.3, 0.4) is 0 Å². The highest BCUT2D eigenvalue weighted by Gasteiger charge is 2.33. The van der Waals surface area contributed by atoms with Crippen molar-refractivity contribution in [2.24, 2.45) is 4.99 Å². The van der Waals surface area contributed by atoms with E-state index in [1.165, 1.54) is 17.8 Å². The van der Waals surface area contributed by atoms with E-state index in [0.29, 0.717) is 19.0 Å². The van der Waals surface area contributed by atoms with E-state index in [-0.39, 0.29) is 36.3 Å². The zero-order valence-electron chi connectivity index (χ0n) is 15.1. The molecule has 9 heteroatoms. The lowest BCUT2D eigenvalue weighted by atomic mass is 10.1. The Hall–Kier alpha value is -2.04. The molecule has 0 unspecified atom stereocenters. The van der Waals surface area contributed by atoms with Crippen molar-refractivity contribution in [3.05, 3.63) is 59.3 Å². The number of alkyl halides is 3. The quantitative estimate of drug-likeness (QED) is 0.248. The van der Waals surface area contributed by atoms with E-state index in [4.69, 9.17) is 0 Å². The van der Waals surface area contributed by atoms with Gasteiger partial charge >= 0.3 is 6.18 Å². The van der Waals surface area contributed by atoms with Crippen LogP contribution in [0.4, 0.5) is 19.0 Å². The van der Waals surface area contributed by atoms with Crippen molar-refractivity contribution in [3.8, 4) is 0 Å². The smallest absolute Gasteiger partial charge is 0.368 e. The summed E-state index contributed by atoms with van der Waals surface area (Å²) in [7, 11) is 1.64. The lowest BCUT2D eigenvalue weighted by Gasteiger charge is -2.15. The number of benzene rings is 1. The predicted octanol–water partition coefficient (Wildman–Crippen LogP) is 3.80. The van der Waals surface area contributed by atoms with E-state index < -0.39 is 11.7 Å². The maximum absolute atomic E-state index is 12.9. The van der Waals surface area contributed by atoms with Gasteiger partial charge in [-0.15, -0.1) is 24.0 Å². The van der Waals surface area contributed by atoms with Crippen molar-refractivity contribution in [3.63, 3.8) is 0 Å². The molecular weight excluding hydrogens is 470 g/mol. The first-order valence-corrected chi connectivity index (χ1v) is 8.16. The van der Waals surface area contributed by atoms with Gasteiger partial charge in [0.1, 0.15) is 5.82 Å². The summed E-state index contributed by atoms with van der Waals surface area (Å²) in [4.78, 5) is 7.85. The molecule has 3 N–H and O–H groups in total. The zero-order valence-corrected chi connectivity index (χ0v) is 17.4. The predicted molar refractivity (Wildman–Crippen MR) is 113 cm³/mol. The highest BCUT2D eigenvalue weighted by Crippen LogP contribution is 2.33. The number of aromatic nitrogens is 1. The summed E-state index contributed by atoms with van der Waals surface area (Å²) in [5.41, 5.74) is 1.52. The van der Waals surface area contributed by atoms with E-state index >= 15 is 0 Å². The average molecular weight is 493 g/mol. The SMILES string of the molecule is CN=C(NCCNc1ncccc1C(F)(F)F)NCc1ccc(C)cc1.I. The maximum Gasteiger partial charge on any atom is 0.419 e. The van der Waals surface area contributed by atoms with Gasteiger partial charge in [-0.2, -0.15) is 13.2 Å². The molecule has 1 heterocycles. The second-order valence-corrected chi connectivity index (χ2v) is 5.66. The van der Waals surface area contributed by atoms with Gasteiger partial charge in [-0.05, 0) is 24.6 Å². The summed E-state index contributed by atoms with van der Waals surface area (Å²) < 4.78 is 38.7. The van der Waals surface area contributed by atoms with E-state index in [9.17, 15) is 13.2 Å². The summed E-state index contributed by atoms with van der Waals surface area (Å²) in [6.07, 6.45) is -3.11. The molecule has 2 aromatic rings. The first kappa shape index (κ1) is 23.0. The molecule has 0 aliphatic heterocycles. The van der Waals surface area contributed by atoms with Gasteiger partial charge in [0.2, 0.25) is 0 Å². The Morgan fingerprint density at radius 1 is 1.07 bits per heavy atom. The van der Waals surface area contributed by atoms with E-state index in [2.05, 4.69) is 25.9 Å². The van der Waals surface area contributed by atoms with Gasteiger partial charge in [0, 0.05) is 32.9 Å². The van der Waals surface area contributed by atoms with Gasteiger partial charge < -0.3 is 16.0 Å². The third-order valence-corrected chi connectivity index (χ3v) is 3.63. The number of nitrogens with one attached hydrogen (secondary N) is 3. The Bertz CT molecular complexity index is 733. The van der Waals surface area contributed by atoms with Crippen LogP contribution in [0.25, 0.3) is 0 Å². The molecule has 0 radical (unpaired) electrons. The molecule has 5 nitrogen and oxygen atoms in total. The fraction of sp³-hybridized carbons (Fsp3) is 0.333. The molecule has 0 spiro atoms. The monoisotopic (exact) mass is 493 g/mol. The highest BCUT2D eigenvalue weighted by molar-refractivity contribution is 14.0. The van der Waals surface area contributed by atoms with Crippen LogP contribution in [0.2, 0.25) is 0 Å². The molecule has 0 atom stereocenters. The van der Waals surface area contributed by atoms with Crippen molar-refractivity contribution in [2.75, 3.05) is 25.5 Å². The number of guanidine groups is 1. The van der Waals surface area contributed by atoms with Gasteiger partial charge in [-0.25, -0.2) is 4.98 Å². The van der Waals surface area contributed by atoms with Crippen molar-refractivity contribution >= 4 is 35.8 Å². The van der Waals surface area contributed by atoms with Crippen LogP contribution in [-0.4, -0.2) is 31.1 Å². The molecule has 1 aromatic heterocycles. The van der Waals surface area contributed by atoms with E-state index in [1.54, 1.807) is 7.05 Å². The molecular formula is C18H23F3IN5. The number of anilines is 1. The van der Waals surface area contributed by atoms with Gasteiger partial charge in [0.05, 0.1) is 5.56 Å². The number of aliphatic imine (C=N–C) groups is 1. The van der Waals surface area contributed by atoms with Gasteiger partial charge in [-0.3, -0.25) is 4.99 Å². The normalized spacial score (nSPS) is 11.5. The minimum Gasteiger partial charge on any atom is -0.368 e. The number of hydrogen-bond donors (Lipinski definition) is 3. The standard InChI is InChI=1S/C18H22F3N5.HI/c1-13-5-7-14(8-6-13)12-26-17(22-2)25-11-10-24-16-15(18(19,20)21)4-3-9-23-16;/h3-9H,10-12H2,1-2H3,(H,23,24)(H2,22,25,26);1H. The molecule has 0 saturated carbocycles. The van der Waals surface area contributed by atoms with Crippen LogP contribution in [0.15, 0.2) is 47.6 Å². The molecule has 0 bridgehead atoms. The number of rotatable bonds is 6. The molecule has 27 heavy (non-hydrogen) atoms. The molecule has 0 amide bonds. The Morgan fingerprint density at radius 3 is 2.41 bits per heavy atom. The number of hydrogen-bond acceptors (Lipinski definition) is 3. The van der Waals surface area contributed by atoms with E-state index in [1.807, 2.05) is 31.2 Å². The first-order chi connectivity index (χ1) is 12.4. The van der Waals surface area contributed by atoms with Crippen LogP contribution in [0, 0.1) is 6.92 Å². The summed E-state index contributed by atoms with van der Waals surface area (Å²) in [6, 6.07) is 10.4. The van der Waals surface area contributed by atoms with Crippen LogP contribution in [-0.2, 0) is 12.7 Å². The minimum absolute atomic E-state index is 0. The fourth-order valence-electron chi connectivity index (χ4n) is 2.25. The van der Waals surface area contributed by atoms with Crippen LogP contribution >= 0.6 is 24.0 Å². The molecule has 0 aliphatic carbocycles. The molecule has 0 aliphatic rings. The number of pyridine rings is 1. The van der Waals surface area contributed by atoms with Crippen LogP contribution in [0.1, 0.15) is 16.7 Å². The summed E-state index contributed by atoms with van der Waals surface area (Å²) in [5.74, 6) is 0.397. The van der Waals surface area contributed by atoms with Crippen LogP contribution < -0.4 is 16.0 Å². The number of halogens is 4. The molecule has 1 aromatic carbocycles. The van der Waals surface area contributed by atoms with Gasteiger partial charge in [-0.1, -0.05) is 29.8 Å². The third-order valence-electron chi connectivity index (χ3n) is 3.63. The van der Waals surface area contributed by atoms with E-state index in [0.717, 1.165) is 11.6 Å². The molecule has 148 valence electrons. The van der Waals surface area contributed by atoms with Crippen molar-refractivity contribution in [2.45, 2.75) is 19.6 Å². The second kappa shape index (κ2) is 11.0. The summed E-state index contributed by atoms with van der Waals surface area (Å²) in [5, 5.41) is 8.90. The highest BCUT2D eigenvalue weighted by atomic mass is 127. The molecule has 2 rings (SSSR count). The van der Waals surface area contributed by atoms with Gasteiger partial charge in [0.25, 0.3) is 0 Å². The lowest BCUT2D eigenvalue weighted by Crippen LogP contribution is -2.39. The molecule has 0 fully saturated rings. The average Bonchev–Trinajstić information content (AvgIpc) is 2.62. The van der Waals surface area contributed by atoms with Crippen LogP contribution in [0.5, 0.6) is 0 Å². The Morgan fingerprint density at radius 2 is 1.78 bits per heavy atom. The minimum atomic E-state index is -4.43. The largest absolute Gasteiger partial charge is 0.419 e. The van der Waals surface area contributed by atoms with Crippen molar-refractivity contribution in [1.82, 2.24) is 15.6 Å². The van der Waals surface area contributed by atoms with Crippen molar-refractivity contribution in [1.29, 1.82) is 0 Å². The topological polar surface area (TPSA) is 61.3 Å². The lowest BCUT2D eigenvalue weighted by molar-refractivity contribution is -0.137.